The molecular formula is C25H35N3O. The summed E-state index contributed by atoms with van der Waals surface area (Å²) in [6.07, 6.45) is 14.4. The lowest BCUT2D eigenvalue weighted by Gasteiger charge is -2.05. The quantitative estimate of drug-likeness (QED) is 0.234. The Labute approximate surface area is 175 Å². The van der Waals surface area contributed by atoms with Crippen LogP contribution in [0.25, 0.3) is 17.0 Å². The van der Waals surface area contributed by atoms with Crippen molar-refractivity contribution in [1.29, 1.82) is 5.26 Å². The van der Waals surface area contributed by atoms with Gasteiger partial charge in [0.2, 0.25) is 0 Å². The van der Waals surface area contributed by atoms with Gasteiger partial charge in [0, 0.05) is 28.7 Å². The van der Waals surface area contributed by atoms with Crippen LogP contribution in [0.3, 0.4) is 0 Å². The molecule has 4 heteroatoms. The summed E-state index contributed by atoms with van der Waals surface area (Å²) < 4.78 is 0. The van der Waals surface area contributed by atoms with E-state index in [1.54, 1.807) is 6.08 Å². The second-order valence-corrected chi connectivity index (χ2v) is 7.82. The third-order valence-corrected chi connectivity index (χ3v) is 5.41. The number of carbonyl (C=O) groups excluding carboxylic acids is 1. The van der Waals surface area contributed by atoms with Crippen molar-refractivity contribution < 1.29 is 4.79 Å². The SMILES string of the molecule is CCCCCCCCCCCCNC(=O)/C(C#N)=C/c1c(C)[nH]c2ccccc12. The average molecular weight is 394 g/mol. The first-order valence-corrected chi connectivity index (χ1v) is 11.1. The molecule has 0 bridgehead atoms. The van der Waals surface area contributed by atoms with Crippen molar-refractivity contribution in [1.82, 2.24) is 10.3 Å². The molecule has 0 unspecified atom stereocenters. The van der Waals surface area contributed by atoms with E-state index in [0.29, 0.717) is 6.54 Å². The molecule has 0 saturated carbocycles. The fraction of sp³-hybridized carbons (Fsp3) is 0.520. The molecule has 1 aromatic carbocycles. The molecule has 0 radical (unpaired) electrons. The van der Waals surface area contributed by atoms with Crippen molar-refractivity contribution in [2.75, 3.05) is 6.54 Å². The van der Waals surface area contributed by atoms with E-state index >= 15 is 0 Å². The van der Waals surface area contributed by atoms with Crippen LogP contribution in [0.5, 0.6) is 0 Å². The van der Waals surface area contributed by atoms with Gasteiger partial charge >= 0.3 is 0 Å². The Balaban J connectivity index is 1.72. The van der Waals surface area contributed by atoms with Crippen LogP contribution in [0.1, 0.15) is 82.4 Å². The lowest BCUT2D eigenvalue weighted by Crippen LogP contribution is -2.25. The highest BCUT2D eigenvalue weighted by atomic mass is 16.1. The summed E-state index contributed by atoms with van der Waals surface area (Å²) in [5.41, 5.74) is 3.04. The van der Waals surface area contributed by atoms with Crippen LogP contribution >= 0.6 is 0 Å². The van der Waals surface area contributed by atoms with Gasteiger partial charge in [-0.1, -0.05) is 82.9 Å². The molecule has 4 nitrogen and oxygen atoms in total. The third kappa shape index (κ3) is 7.42. The van der Waals surface area contributed by atoms with E-state index in [4.69, 9.17) is 0 Å². The smallest absolute Gasteiger partial charge is 0.261 e. The number of hydrogen-bond acceptors (Lipinski definition) is 2. The van der Waals surface area contributed by atoms with Crippen LogP contribution in [0.4, 0.5) is 0 Å². The number of H-pyrrole nitrogens is 1. The molecule has 1 amide bonds. The van der Waals surface area contributed by atoms with E-state index in [9.17, 15) is 10.1 Å². The highest BCUT2D eigenvalue weighted by Gasteiger charge is 2.12. The second kappa shape index (κ2) is 12.8. The maximum atomic E-state index is 12.4. The van der Waals surface area contributed by atoms with E-state index in [1.165, 1.54) is 51.4 Å². The summed E-state index contributed by atoms with van der Waals surface area (Å²) in [6, 6.07) is 9.99. The van der Waals surface area contributed by atoms with Crippen molar-refractivity contribution >= 4 is 22.9 Å². The van der Waals surface area contributed by atoms with Gasteiger partial charge in [0.15, 0.2) is 0 Å². The minimum absolute atomic E-state index is 0.157. The van der Waals surface area contributed by atoms with Gasteiger partial charge in [-0.3, -0.25) is 4.79 Å². The molecule has 0 aliphatic rings. The predicted octanol–water partition coefficient (Wildman–Crippen LogP) is 6.42. The number of nitrogens with zero attached hydrogens (tertiary/aromatic N) is 1. The Kier molecular flexibility index (Phi) is 10.1. The Hall–Kier alpha value is -2.54. The number of aromatic nitrogens is 1. The molecular weight excluding hydrogens is 358 g/mol. The highest BCUT2D eigenvalue weighted by Crippen LogP contribution is 2.24. The fourth-order valence-electron chi connectivity index (χ4n) is 3.69. The fourth-order valence-corrected chi connectivity index (χ4v) is 3.69. The molecule has 2 rings (SSSR count). The molecule has 0 saturated heterocycles. The summed E-state index contributed by atoms with van der Waals surface area (Å²) in [4.78, 5) is 15.7. The van der Waals surface area contributed by atoms with Crippen LogP contribution in [0, 0.1) is 18.3 Å². The van der Waals surface area contributed by atoms with Gasteiger partial charge < -0.3 is 10.3 Å². The number of benzene rings is 1. The van der Waals surface area contributed by atoms with Crippen molar-refractivity contribution in [3.63, 3.8) is 0 Å². The van der Waals surface area contributed by atoms with Gasteiger partial charge in [-0.05, 0) is 25.5 Å². The normalized spacial score (nSPS) is 11.6. The largest absolute Gasteiger partial charge is 0.358 e. The number of nitrogens with one attached hydrogen (secondary N) is 2. The van der Waals surface area contributed by atoms with Gasteiger partial charge in [-0.2, -0.15) is 5.26 Å². The number of nitriles is 1. The van der Waals surface area contributed by atoms with Gasteiger partial charge in [-0.15, -0.1) is 0 Å². The van der Waals surface area contributed by atoms with Gasteiger partial charge in [0.05, 0.1) is 0 Å². The second-order valence-electron chi connectivity index (χ2n) is 7.82. The highest BCUT2D eigenvalue weighted by molar-refractivity contribution is 6.04. The molecule has 0 atom stereocenters. The van der Waals surface area contributed by atoms with Crippen LogP contribution in [0.2, 0.25) is 0 Å². The molecule has 1 aromatic heterocycles. The molecule has 156 valence electrons. The maximum Gasteiger partial charge on any atom is 0.261 e. The molecule has 0 aliphatic carbocycles. The summed E-state index contributed by atoms with van der Waals surface area (Å²) in [6.45, 7) is 4.83. The van der Waals surface area contributed by atoms with Crippen LogP contribution < -0.4 is 5.32 Å². The molecule has 29 heavy (non-hydrogen) atoms. The zero-order chi connectivity index (χ0) is 20.9. The lowest BCUT2D eigenvalue weighted by atomic mass is 10.1. The van der Waals surface area contributed by atoms with E-state index in [-0.39, 0.29) is 11.5 Å². The molecule has 1 heterocycles. The molecule has 0 aliphatic heterocycles. The van der Waals surface area contributed by atoms with Gasteiger partial charge in [0.1, 0.15) is 11.6 Å². The Bertz CT molecular complexity index is 841. The predicted molar refractivity (Wildman–Crippen MR) is 121 cm³/mol. The van der Waals surface area contributed by atoms with Crippen molar-refractivity contribution in [3.8, 4) is 6.07 Å². The van der Waals surface area contributed by atoms with E-state index < -0.39 is 0 Å². The lowest BCUT2D eigenvalue weighted by molar-refractivity contribution is -0.117. The summed E-state index contributed by atoms with van der Waals surface area (Å²) in [5.74, 6) is -0.284. The number of aryl methyl sites for hydroxylation is 1. The van der Waals surface area contributed by atoms with E-state index in [0.717, 1.165) is 35.0 Å². The molecule has 0 spiro atoms. The van der Waals surface area contributed by atoms with Gasteiger partial charge in [0.25, 0.3) is 5.91 Å². The van der Waals surface area contributed by atoms with Crippen molar-refractivity contribution in [2.24, 2.45) is 0 Å². The number of aromatic amines is 1. The van der Waals surface area contributed by atoms with Gasteiger partial charge in [-0.25, -0.2) is 0 Å². The van der Waals surface area contributed by atoms with E-state index in [1.807, 2.05) is 31.2 Å². The van der Waals surface area contributed by atoms with Crippen LogP contribution in [-0.4, -0.2) is 17.4 Å². The number of hydrogen-bond donors (Lipinski definition) is 2. The minimum atomic E-state index is -0.284. The number of unbranched alkanes of at least 4 members (excludes halogenated alkanes) is 9. The monoisotopic (exact) mass is 393 g/mol. The summed E-state index contributed by atoms with van der Waals surface area (Å²) in [5, 5.41) is 13.4. The number of para-hydroxylation sites is 1. The number of rotatable bonds is 13. The zero-order valence-corrected chi connectivity index (χ0v) is 18.0. The standard InChI is InChI=1S/C25H35N3O/c1-3-4-5-6-7-8-9-10-11-14-17-27-25(29)21(19-26)18-23-20(2)28-24-16-13-12-15-22(23)24/h12-13,15-16,18,28H,3-11,14,17H2,1-2H3,(H,27,29)/b21-18+. The number of fused-ring (bicyclic) bond motifs is 1. The van der Waals surface area contributed by atoms with Crippen molar-refractivity contribution in [3.05, 3.63) is 41.1 Å². The van der Waals surface area contributed by atoms with Crippen molar-refractivity contribution in [2.45, 2.75) is 78.1 Å². The molecule has 0 fully saturated rings. The maximum absolute atomic E-state index is 12.4. The molecule has 2 aromatic rings. The Morgan fingerprint density at radius 1 is 1.03 bits per heavy atom. The topological polar surface area (TPSA) is 68.7 Å². The first-order chi connectivity index (χ1) is 14.2. The summed E-state index contributed by atoms with van der Waals surface area (Å²) >= 11 is 0. The minimum Gasteiger partial charge on any atom is -0.358 e. The molecule has 2 N–H and O–H groups in total. The average Bonchev–Trinajstić information content (AvgIpc) is 3.04. The first-order valence-electron chi connectivity index (χ1n) is 11.1. The van der Waals surface area contributed by atoms with Crippen LogP contribution in [-0.2, 0) is 4.79 Å². The number of amides is 1. The Morgan fingerprint density at radius 2 is 1.66 bits per heavy atom. The van der Waals surface area contributed by atoms with Crippen LogP contribution in [0.15, 0.2) is 29.8 Å². The van der Waals surface area contributed by atoms with E-state index in [2.05, 4.69) is 23.3 Å². The zero-order valence-electron chi connectivity index (χ0n) is 18.0. The third-order valence-electron chi connectivity index (χ3n) is 5.41. The first kappa shape index (κ1) is 22.7. The summed E-state index contributed by atoms with van der Waals surface area (Å²) in [7, 11) is 0. The number of carbonyl (C=O) groups is 1. The Morgan fingerprint density at radius 3 is 2.31 bits per heavy atom.